The Morgan fingerprint density at radius 3 is 2.42 bits per heavy atom. The SMILES string of the molecule is N=C(N)c1ccc(CC=O)cc1. The smallest absolute Gasteiger partial charge is 0.124 e. The highest BCUT2D eigenvalue weighted by Crippen LogP contribution is 2.03. The molecule has 0 spiro atoms. The van der Waals surface area contributed by atoms with Gasteiger partial charge < -0.3 is 10.5 Å². The van der Waals surface area contributed by atoms with E-state index in [2.05, 4.69) is 0 Å². The number of nitrogens with two attached hydrogens (primary N) is 1. The lowest BCUT2D eigenvalue weighted by Crippen LogP contribution is -2.10. The average Bonchev–Trinajstić information content (AvgIpc) is 2.06. The lowest BCUT2D eigenvalue weighted by atomic mass is 10.1. The summed E-state index contributed by atoms with van der Waals surface area (Å²) in [6, 6.07) is 7.07. The van der Waals surface area contributed by atoms with Gasteiger partial charge in [0.25, 0.3) is 0 Å². The highest BCUT2D eigenvalue weighted by molar-refractivity contribution is 5.94. The predicted octanol–water partition coefficient (Wildman–Crippen LogP) is 0.712. The molecule has 0 aromatic heterocycles. The molecule has 3 nitrogen and oxygen atoms in total. The summed E-state index contributed by atoms with van der Waals surface area (Å²) in [5, 5.41) is 7.12. The average molecular weight is 162 g/mol. The second-order valence-electron chi connectivity index (χ2n) is 2.48. The van der Waals surface area contributed by atoms with Gasteiger partial charge in [-0.25, -0.2) is 0 Å². The van der Waals surface area contributed by atoms with Crippen LogP contribution in [0.2, 0.25) is 0 Å². The Kier molecular flexibility index (Phi) is 2.58. The van der Waals surface area contributed by atoms with Crippen LogP contribution in [0.5, 0.6) is 0 Å². The maximum absolute atomic E-state index is 10.1. The van der Waals surface area contributed by atoms with Crippen LogP contribution in [0.3, 0.4) is 0 Å². The Bertz CT molecular complexity index is 290. The molecule has 12 heavy (non-hydrogen) atoms. The molecule has 0 aliphatic rings. The van der Waals surface area contributed by atoms with Crippen molar-refractivity contribution in [1.82, 2.24) is 0 Å². The van der Waals surface area contributed by atoms with Gasteiger partial charge in [0.1, 0.15) is 12.1 Å². The second kappa shape index (κ2) is 3.67. The van der Waals surface area contributed by atoms with Gasteiger partial charge in [-0.05, 0) is 5.56 Å². The first-order chi connectivity index (χ1) is 5.74. The van der Waals surface area contributed by atoms with Gasteiger partial charge in [0.2, 0.25) is 0 Å². The minimum absolute atomic E-state index is 0.0488. The molecule has 0 heterocycles. The Balaban J connectivity index is 2.85. The molecule has 1 rings (SSSR count). The van der Waals surface area contributed by atoms with Crippen molar-refractivity contribution in [1.29, 1.82) is 5.41 Å². The van der Waals surface area contributed by atoms with E-state index in [4.69, 9.17) is 11.1 Å². The molecular weight excluding hydrogens is 152 g/mol. The van der Waals surface area contributed by atoms with Crippen molar-refractivity contribution < 1.29 is 4.79 Å². The molecule has 0 fully saturated rings. The van der Waals surface area contributed by atoms with Crippen LogP contribution in [0.4, 0.5) is 0 Å². The lowest BCUT2D eigenvalue weighted by molar-refractivity contribution is -0.107. The molecule has 0 unspecified atom stereocenters. The largest absolute Gasteiger partial charge is 0.384 e. The number of nitrogen functional groups attached to an aromatic ring is 1. The summed E-state index contributed by atoms with van der Waals surface area (Å²) in [6.07, 6.45) is 1.26. The summed E-state index contributed by atoms with van der Waals surface area (Å²) < 4.78 is 0. The van der Waals surface area contributed by atoms with Crippen LogP contribution in [0.1, 0.15) is 11.1 Å². The summed E-state index contributed by atoms with van der Waals surface area (Å²) in [4.78, 5) is 10.1. The normalized spacial score (nSPS) is 9.33. The third-order valence-electron chi connectivity index (χ3n) is 1.58. The van der Waals surface area contributed by atoms with Gasteiger partial charge in [-0.15, -0.1) is 0 Å². The summed E-state index contributed by atoms with van der Waals surface area (Å²) in [5.41, 5.74) is 6.88. The molecule has 3 N–H and O–H groups in total. The number of hydrogen-bond acceptors (Lipinski definition) is 2. The standard InChI is InChI=1S/C9H10N2O/c10-9(11)8-3-1-7(2-4-8)5-6-12/h1-4,6H,5H2,(H3,10,11). The molecule has 62 valence electrons. The van der Waals surface area contributed by atoms with Crippen LogP contribution < -0.4 is 5.73 Å². The number of hydrogen-bond donors (Lipinski definition) is 2. The van der Waals surface area contributed by atoms with Crippen LogP contribution in [0, 0.1) is 5.41 Å². The van der Waals surface area contributed by atoms with E-state index >= 15 is 0 Å². The minimum atomic E-state index is 0.0488. The molecule has 0 aliphatic carbocycles. The van der Waals surface area contributed by atoms with Crippen LogP contribution in [0.15, 0.2) is 24.3 Å². The molecule has 0 aliphatic heterocycles. The molecule has 1 aromatic rings. The Labute approximate surface area is 70.7 Å². The van der Waals surface area contributed by atoms with Crippen molar-refractivity contribution >= 4 is 12.1 Å². The maximum Gasteiger partial charge on any atom is 0.124 e. The number of aldehydes is 1. The van der Waals surface area contributed by atoms with Gasteiger partial charge in [0.05, 0.1) is 0 Å². The first-order valence-electron chi connectivity index (χ1n) is 3.61. The second-order valence-corrected chi connectivity index (χ2v) is 2.48. The quantitative estimate of drug-likeness (QED) is 0.390. The minimum Gasteiger partial charge on any atom is -0.384 e. The van der Waals surface area contributed by atoms with E-state index in [1.165, 1.54) is 0 Å². The Hall–Kier alpha value is -1.64. The summed E-state index contributed by atoms with van der Waals surface area (Å²) in [5.74, 6) is 0.0488. The molecule has 0 radical (unpaired) electrons. The highest BCUT2D eigenvalue weighted by atomic mass is 16.1. The van der Waals surface area contributed by atoms with Crippen LogP contribution >= 0.6 is 0 Å². The van der Waals surface area contributed by atoms with E-state index in [1.807, 2.05) is 0 Å². The number of carbonyl (C=O) groups excluding carboxylic acids is 1. The van der Waals surface area contributed by atoms with Crippen LogP contribution in [-0.4, -0.2) is 12.1 Å². The maximum atomic E-state index is 10.1. The van der Waals surface area contributed by atoms with Crippen molar-refractivity contribution in [3.05, 3.63) is 35.4 Å². The molecule has 3 heteroatoms. The van der Waals surface area contributed by atoms with Crippen molar-refractivity contribution in [2.45, 2.75) is 6.42 Å². The number of benzene rings is 1. The van der Waals surface area contributed by atoms with Crippen LogP contribution in [-0.2, 0) is 11.2 Å². The third-order valence-corrected chi connectivity index (χ3v) is 1.58. The van der Waals surface area contributed by atoms with Crippen molar-refractivity contribution in [2.75, 3.05) is 0 Å². The summed E-state index contributed by atoms with van der Waals surface area (Å²) in [7, 11) is 0. The molecular formula is C9H10N2O. The first kappa shape index (κ1) is 8.46. The van der Waals surface area contributed by atoms with E-state index < -0.39 is 0 Å². The Morgan fingerprint density at radius 1 is 1.42 bits per heavy atom. The molecule has 0 saturated heterocycles. The topological polar surface area (TPSA) is 66.9 Å². The number of carbonyl (C=O) groups is 1. The molecule has 0 amide bonds. The third kappa shape index (κ3) is 1.92. The van der Waals surface area contributed by atoms with Gasteiger partial charge in [0, 0.05) is 12.0 Å². The summed E-state index contributed by atoms with van der Waals surface area (Å²) in [6.45, 7) is 0. The zero-order chi connectivity index (χ0) is 8.97. The van der Waals surface area contributed by atoms with E-state index in [0.29, 0.717) is 12.0 Å². The first-order valence-corrected chi connectivity index (χ1v) is 3.61. The van der Waals surface area contributed by atoms with E-state index in [9.17, 15) is 4.79 Å². The van der Waals surface area contributed by atoms with Crippen LogP contribution in [0.25, 0.3) is 0 Å². The number of amidine groups is 1. The van der Waals surface area contributed by atoms with Gasteiger partial charge in [-0.2, -0.15) is 0 Å². The lowest BCUT2D eigenvalue weighted by Gasteiger charge is -1.98. The Morgan fingerprint density at radius 2 is 2.00 bits per heavy atom. The van der Waals surface area contributed by atoms with E-state index in [0.717, 1.165) is 11.8 Å². The number of rotatable bonds is 3. The van der Waals surface area contributed by atoms with E-state index in [-0.39, 0.29) is 5.84 Å². The van der Waals surface area contributed by atoms with Crippen molar-refractivity contribution in [2.24, 2.45) is 5.73 Å². The zero-order valence-electron chi connectivity index (χ0n) is 6.58. The van der Waals surface area contributed by atoms with Gasteiger partial charge >= 0.3 is 0 Å². The molecule has 0 bridgehead atoms. The molecule has 0 atom stereocenters. The van der Waals surface area contributed by atoms with Gasteiger partial charge in [-0.3, -0.25) is 5.41 Å². The fourth-order valence-corrected chi connectivity index (χ4v) is 0.917. The zero-order valence-corrected chi connectivity index (χ0v) is 6.58. The molecule has 0 saturated carbocycles. The fourth-order valence-electron chi connectivity index (χ4n) is 0.917. The predicted molar refractivity (Wildman–Crippen MR) is 47.2 cm³/mol. The number of nitrogens with one attached hydrogen (secondary N) is 1. The van der Waals surface area contributed by atoms with Crippen molar-refractivity contribution in [3.63, 3.8) is 0 Å². The monoisotopic (exact) mass is 162 g/mol. The van der Waals surface area contributed by atoms with Crippen molar-refractivity contribution in [3.8, 4) is 0 Å². The summed E-state index contributed by atoms with van der Waals surface area (Å²) >= 11 is 0. The fraction of sp³-hybridized carbons (Fsp3) is 0.111. The van der Waals surface area contributed by atoms with Gasteiger partial charge in [-0.1, -0.05) is 24.3 Å². The van der Waals surface area contributed by atoms with Gasteiger partial charge in [0.15, 0.2) is 0 Å². The molecule has 1 aromatic carbocycles. The van der Waals surface area contributed by atoms with E-state index in [1.54, 1.807) is 24.3 Å². The highest BCUT2D eigenvalue weighted by Gasteiger charge is 1.95.